The van der Waals surface area contributed by atoms with E-state index in [1.54, 1.807) is 6.33 Å². The zero-order valence-electron chi connectivity index (χ0n) is 14.8. The molecule has 1 N–H and O–H groups in total. The van der Waals surface area contributed by atoms with Gasteiger partial charge in [-0.25, -0.2) is 9.78 Å². The summed E-state index contributed by atoms with van der Waals surface area (Å²) in [4.78, 5) is 16.3. The molecule has 24 heavy (non-hydrogen) atoms. The summed E-state index contributed by atoms with van der Waals surface area (Å²) >= 11 is 3.44. The van der Waals surface area contributed by atoms with Crippen LogP contribution < -0.4 is 5.32 Å². The molecular weight excluding hydrogens is 370 g/mol. The summed E-state index contributed by atoms with van der Waals surface area (Å²) in [5.74, 6) is 0. The van der Waals surface area contributed by atoms with Crippen LogP contribution in [0, 0.1) is 0 Å². The average molecular weight is 394 g/mol. The van der Waals surface area contributed by atoms with Crippen LogP contribution in [0.2, 0.25) is 0 Å². The Kier molecular flexibility index (Phi) is 5.38. The van der Waals surface area contributed by atoms with Crippen molar-refractivity contribution in [2.75, 3.05) is 0 Å². The van der Waals surface area contributed by atoms with Crippen molar-refractivity contribution in [2.24, 2.45) is 0 Å². The molecule has 0 bridgehead atoms. The second kappa shape index (κ2) is 6.97. The number of imidazole rings is 1. The van der Waals surface area contributed by atoms with Gasteiger partial charge in [0, 0.05) is 34.0 Å². The SMILES string of the molecule is CC(C)(Cc1cncn1-c1ccc(Br)cc1)NC(=O)OC(C)(C)C. The van der Waals surface area contributed by atoms with Crippen molar-refractivity contribution in [3.63, 3.8) is 0 Å². The molecule has 0 aliphatic carbocycles. The number of hydrogen-bond donors (Lipinski definition) is 1. The van der Waals surface area contributed by atoms with Crippen molar-refractivity contribution in [2.45, 2.75) is 52.2 Å². The molecule has 5 nitrogen and oxygen atoms in total. The number of hydrogen-bond acceptors (Lipinski definition) is 3. The van der Waals surface area contributed by atoms with Crippen LogP contribution in [0.5, 0.6) is 0 Å². The van der Waals surface area contributed by atoms with Crippen molar-refractivity contribution in [3.8, 4) is 5.69 Å². The molecule has 0 spiro atoms. The quantitative estimate of drug-likeness (QED) is 0.832. The maximum atomic E-state index is 12.0. The Labute approximate surface area is 151 Å². The topological polar surface area (TPSA) is 56.2 Å². The molecule has 0 saturated carbocycles. The maximum Gasteiger partial charge on any atom is 0.408 e. The van der Waals surface area contributed by atoms with Crippen LogP contribution in [0.1, 0.15) is 40.3 Å². The summed E-state index contributed by atoms with van der Waals surface area (Å²) in [5.41, 5.74) is 1.06. The Hall–Kier alpha value is -1.82. The van der Waals surface area contributed by atoms with Crippen molar-refractivity contribution in [3.05, 3.63) is 47.0 Å². The van der Waals surface area contributed by atoms with Gasteiger partial charge >= 0.3 is 6.09 Å². The van der Waals surface area contributed by atoms with E-state index in [1.165, 1.54) is 0 Å². The van der Waals surface area contributed by atoms with E-state index in [0.29, 0.717) is 6.42 Å². The molecule has 0 aliphatic rings. The Morgan fingerprint density at radius 3 is 2.42 bits per heavy atom. The van der Waals surface area contributed by atoms with Crippen LogP contribution >= 0.6 is 15.9 Å². The lowest BCUT2D eigenvalue weighted by atomic mass is 9.99. The molecule has 6 heteroatoms. The first-order valence-electron chi connectivity index (χ1n) is 7.84. The minimum atomic E-state index is -0.515. The average Bonchev–Trinajstić information content (AvgIpc) is 2.83. The van der Waals surface area contributed by atoms with Gasteiger partial charge < -0.3 is 14.6 Å². The van der Waals surface area contributed by atoms with Crippen LogP contribution in [0.3, 0.4) is 0 Å². The second-order valence-electron chi connectivity index (χ2n) is 7.42. The van der Waals surface area contributed by atoms with E-state index in [9.17, 15) is 4.79 Å². The lowest BCUT2D eigenvalue weighted by molar-refractivity contribution is 0.0472. The molecule has 1 heterocycles. The molecule has 130 valence electrons. The van der Waals surface area contributed by atoms with Gasteiger partial charge in [0.2, 0.25) is 0 Å². The number of benzene rings is 1. The van der Waals surface area contributed by atoms with Crippen LogP contribution in [0.15, 0.2) is 41.3 Å². The number of amides is 1. The highest BCUT2D eigenvalue weighted by atomic mass is 79.9. The Balaban J connectivity index is 2.12. The van der Waals surface area contributed by atoms with Crippen molar-refractivity contribution >= 4 is 22.0 Å². The van der Waals surface area contributed by atoms with Gasteiger partial charge in [0.15, 0.2) is 0 Å². The predicted molar refractivity (Wildman–Crippen MR) is 98.4 cm³/mol. The van der Waals surface area contributed by atoms with Gasteiger partial charge in [-0.1, -0.05) is 15.9 Å². The first-order valence-corrected chi connectivity index (χ1v) is 8.63. The molecule has 2 aromatic rings. The molecule has 0 saturated heterocycles. The van der Waals surface area contributed by atoms with Crippen molar-refractivity contribution in [1.29, 1.82) is 0 Å². The number of carbonyl (C=O) groups excluding carboxylic acids is 1. The van der Waals surface area contributed by atoms with Gasteiger partial charge in [-0.15, -0.1) is 0 Å². The van der Waals surface area contributed by atoms with E-state index in [-0.39, 0.29) is 0 Å². The number of halogens is 1. The Morgan fingerprint density at radius 2 is 1.83 bits per heavy atom. The fourth-order valence-electron chi connectivity index (χ4n) is 2.36. The first kappa shape index (κ1) is 18.5. The lowest BCUT2D eigenvalue weighted by Gasteiger charge is -2.29. The van der Waals surface area contributed by atoms with Gasteiger partial charge in [-0.05, 0) is 58.9 Å². The summed E-state index contributed by atoms with van der Waals surface area (Å²) in [5, 5.41) is 2.93. The monoisotopic (exact) mass is 393 g/mol. The third kappa shape index (κ3) is 5.37. The lowest BCUT2D eigenvalue weighted by Crippen LogP contribution is -2.47. The van der Waals surface area contributed by atoms with Crippen LogP contribution in [0.4, 0.5) is 4.79 Å². The second-order valence-corrected chi connectivity index (χ2v) is 8.33. The molecule has 1 aromatic heterocycles. The molecule has 0 radical (unpaired) electrons. The van der Waals surface area contributed by atoms with Gasteiger partial charge in [0.05, 0.1) is 6.33 Å². The zero-order valence-corrected chi connectivity index (χ0v) is 16.3. The van der Waals surface area contributed by atoms with E-state index in [0.717, 1.165) is 15.9 Å². The smallest absolute Gasteiger partial charge is 0.408 e. The number of rotatable bonds is 4. The molecule has 1 aromatic carbocycles. The van der Waals surface area contributed by atoms with Gasteiger partial charge in [0.25, 0.3) is 0 Å². The molecule has 2 rings (SSSR count). The predicted octanol–water partition coefficient (Wildman–Crippen LogP) is 4.48. The Bertz CT molecular complexity index is 700. The van der Waals surface area contributed by atoms with Crippen LogP contribution in [-0.2, 0) is 11.2 Å². The summed E-state index contributed by atoms with van der Waals surface area (Å²) in [6.07, 6.45) is 3.81. The highest BCUT2D eigenvalue weighted by Crippen LogP contribution is 2.19. The maximum absolute atomic E-state index is 12.0. The third-order valence-corrected chi connectivity index (χ3v) is 3.81. The molecule has 0 atom stereocenters. The molecular formula is C18H24BrN3O2. The van der Waals surface area contributed by atoms with Crippen molar-refractivity contribution < 1.29 is 9.53 Å². The van der Waals surface area contributed by atoms with E-state index in [2.05, 4.69) is 26.2 Å². The molecule has 0 unspecified atom stereocenters. The number of carbonyl (C=O) groups is 1. The molecule has 1 amide bonds. The number of alkyl carbamates (subject to hydrolysis) is 1. The summed E-state index contributed by atoms with van der Waals surface area (Å²) in [6, 6.07) is 8.01. The van der Waals surface area contributed by atoms with Crippen LogP contribution in [0.25, 0.3) is 5.69 Å². The van der Waals surface area contributed by atoms with E-state index in [4.69, 9.17) is 4.74 Å². The van der Waals surface area contributed by atoms with E-state index in [1.807, 2.05) is 69.6 Å². The van der Waals surface area contributed by atoms with E-state index < -0.39 is 17.2 Å². The van der Waals surface area contributed by atoms with Crippen molar-refractivity contribution in [1.82, 2.24) is 14.9 Å². The largest absolute Gasteiger partial charge is 0.444 e. The summed E-state index contributed by atoms with van der Waals surface area (Å²) < 4.78 is 8.39. The number of nitrogens with one attached hydrogen (secondary N) is 1. The minimum Gasteiger partial charge on any atom is -0.444 e. The van der Waals surface area contributed by atoms with E-state index >= 15 is 0 Å². The zero-order chi connectivity index (χ0) is 18.0. The first-order chi connectivity index (χ1) is 11.1. The number of ether oxygens (including phenoxy) is 1. The normalized spacial score (nSPS) is 12.1. The summed E-state index contributed by atoms with van der Waals surface area (Å²) in [7, 11) is 0. The van der Waals surface area contributed by atoms with Gasteiger partial charge in [-0.2, -0.15) is 0 Å². The van der Waals surface area contributed by atoms with Gasteiger partial charge in [-0.3, -0.25) is 0 Å². The standard InChI is InChI=1S/C18H24BrN3O2/c1-17(2,3)24-16(23)21-18(4,5)10-15-11-20-12-22(15)14-8-6-13(19)7-9-14/h6-9,11-12H,10H2,1-5H3,(H,21,23). The Morgan fingerprint density at radius 1 is 1.21 bits per heavy atom. The highest BCUT2D eigenvalue weighted by molar-refractivity contribution is 9.10. The molecule has 0 fully saturated rings. The molecule has 0 aliphatic heterocycles. The fraction of sp³-hybridized carbons (Fsp3) is 0.444. The third-order valence-electron chi connectivity index (χ3n) is 3.28. The minimum absolute atomic E-state index is 0.415. The highest BCUT2D eigenvalue weighted by Gasteiger charge is 2.26. The number of aromatic nitrogens is 2. The fourth-order valence-corrected chi connectivity index (χ4v) is 2.63. The van der Waals surface area contributed by atoms with Gasteiger partial charge in [0.1, 0.15) is 5.60 Å². The summed E-state index contributed by atoms with van der Waals surface area (Å²) in [6.45, 7) is 9.48. The van der Waals surface area contributed by atoms with Crippen LogP contribution in [-0.4, -0.2) is 26.8 Å². The number of nitrogens with zero attached hydrogens (tertiary/aromatic N) is 2.